The molecule has 0 amide bonds. The van der Waals surface area contributed by atoms with Gasteiger partial charge in [0.2, 0.25) is 0 Å². The Morgan fingerprint density at radius 3 is 2.53 bits per heavy atom. The zero-order chi connectivity index (χ0) is 24.3. The zero-order valence-corrected chi connectivity index (χ0v) is 17.7. The van der Waals surface area contributed by atoms with Crippen LogP contribution in [0, 0.1) is 5.82 Å². The van der Waals surface area contributed by atoms with Crippen LogP contribution >= 0.6 is 0 Å². The van der Waals surface area contributed by atoms with Gasteiger partial charge in [-0.25, -0.2) is 9.38 Å². The summed E-state index contributed by atoms with van der Waals surface area (Å²) in [6, 6.07) is 9.63. The first kappa shape index (κ1) is 21.9. The first-order valence-electron chi connectivity index (χ1n) is 9.56. The monoisotopic (exact) mass is 495 g/mol. The molecule has 1 spiro atoms. The Balaban J connectivity index is 1.70. The molecule has 5 rings (SSSR count). The van der Waals surface area contributed by atoms with E-state index in [0.717, 1.165) is 11.6 Å². The molecule has 34 heavy (non-hydrogen) atoms. The maximum absolute atomic E-state index is 15.0. The van der Waals surface area contributed by atoms with E-state index in [2.05, 4.69) is 14.2 Å². The van der Waals surface area contributed by atoms with Gasteiger partial charge in [0.1, 0.15) is 18.1 Å². The second-order valence-corrected chi connectivity index (χ2v) is 8.96. The van der Waals surface area contributed by atoms with Gasteiger partial charge in [0.05, 0.1) is 0 Å². The molecular weight excluding hydrogens is 482 g/mol. The van der Waals surface area contributed by atoms with Crippen LogP contribution in [0.1, 0.15) is 11.1 Å². The van der Waals surface area contributed by atoms with E-state index in [0.29, 0.717) is 17.2 Å². The Labute approximate surface area is 189 Å². The van der Waals surface area contributed by atoms with Gasteiger partial charge < -0.3 is 19.4 Å². The number of nitrogens with zero attached hydrogens (tertiary/aromatic N) is 2. The lowest BCUT2D eigenvalue weighted by atomic mass is 9.80. The Kier molecular flexibility index (Phi) is 4.72. The minimum atomic E-state index is -6.05. The highest BCUT2D eigenvalue weighted by atomic mass is 32.2. The molecule has 13 heteroatoms. The van der Waals surface area contributed by atoms with Crippen molar-refractivity contribution in [2.45, 2.75) is 11.0 Å². The smallest absolute Gasteiger partial charge is 0.462 e. The largest absolute Gasteiger partial charge is 0.534 e. The lowest BCUT2D eigenvalue weighted by Gasteiger charge is -2.34. The molecule has 3 aromatic rings. The minimum absolute atomic E-state index is 0.115. The first-order valence-corrected chi connectivity index (χ1v) is 11.0. The maximum atomic E-state index is 15.0. The van der Waals surface area contributed by atoms with Crippen LogP contribution in [-0.4, -0.2) is 31.5 Å². The van der Waals surface area contributed by atoms with Crippen molar-refractivity contribution in [2.24, 2.45) is 10.7 Å². The average Bonchev–Trinajstić information content (AvgIpc) is 3.16. The van der Waals surface area contributed by atoms with Gasteiger partial charge in [-0.1, -0.05) is 12.1 Å². The van der Waals surface area contributed by atoms with E-state index in [9.17, 15) is 26.0 Å². The van der Waals surface area contributed by atoms with Gasteiger partial charge >= 0.3 is 15.6 Å². The van der Waals surface area contributed by atoms with Crippen LogP contribution in [0.15, 0.2) is 59.9 Å². The molecule has 0 fully saturated rings. The summed E-state index contributed by atoms with van der Waals surface area (Å²) < 4.78 is 91.6. The number of pyridine rings is 1. The van der Waals surface area contributed by atoms with Gasteiger partial charge in [0, 0.05) is 35.2 Å². The van der Waals surface area contributed by atoms with Crippen LogP contribution in [0.4, 0.5) is 17.6 Å². The molecule has 2 N–H and O–H groups in total. The third-order valence-electron chi connectivity index (χ3n) is 5.31. The van der Waals surface area contributed by atoms with E-state index < -0.39 is 32.7 Å². The van der Waals surface area contributed by atoms with E-state index in [1.54, 1.807) is 42.7 Å². The predicted octanol–water partition coefficient (Wildman–Crippen LogP) is 3.81. The predicted molar refractivity (Wildman–Crippen MR) is 110 cm³/mol. The molecule has 3 heterocycles. The van der Waals surface area contributed by atoms with Crippen molar-refractivity contribution in [3.63, 3.8) is 0 Å². The fourth-order valence-electron chi connectivity index (χ4n) is 3.82. The molecule has 0 saturated carbocycles. The zero-order valence-electron chi connectivity index (χ0n) is 16.8. The summed E-state index contributed by atoms with van der Waals surface area (Å²) in [4.78, 5) is 8.38. The van der Waals surface area contributed by atoms with Crippen molar-refractivity contribution in [2.75, 3.05) is 6.61 Å². The van der Waals surface area contributed by atoms with Crippen LogP contribution < -0.4 is 14.7 Å². The molecule has 2 aliphatic heterocycles. The molecular formula is C21H13F4N3O5S. The van der Waals surface area contributed by atoms with E-state index in [1.165, 1.54) is 0 Å². The number of aromatic nitrogens is 1. The Morgan fingerprint density at radius 1 is 1.09 bits per heavy atom. The number of nitrogens with two attached hydrogens (primary N) is 1. The normalized spacial score (nSPS) is 19.0. The summed E-state index contributed by atoms with van der Waals surface area (Å²) >= 11 is 0. The van der Waals surface area contributed by atoms with Crippen molar-refractivity contribution in [3.05, 3.63) is 71.8 Å². The minimum Gasteiger partial charge on any atom is -0.462 e. The molecule has 176 valence electrons. The maximum Gasteiger partial charge on any atom is 0.534 e. The van der Waals surface area contributed by atoms with Crippen molar-refractivity contribution < 1.29 is 39.6 Å². The number of aliphatic imine (C=N–C) groups is 1. The summed E-state index contributed by atoms with van der Waals surface area (Å²) in [5, 5.41) is 0. The molecule has 0 saturated heterocycles. The molecule has 1 aromatic heterocycles. The third-order valence-corrected chi connectivity index (χ3v) is 6.29. The number of hydrogen-bond acceptors (Lipinski definition) is 8. The van der Waals surface area contributed by atoms with Crippen molar-refractivity contribution in [1.82, 2.24) is 4.98 Å². The van der Waals surface area contributed by atoms with E-state index in [1.807, 2.05) is 0 Å². The molecule has 0 aliphatic carbocycles. The number of amidine groups is 1. The average molecular weight is 495 g/mol. The van der Waals surface area contributed by atoms with E-state index in [4.69, 9.17) is 15.2 Å². The molecule has 8 nitrogen and oxygen atoms in total. The van der Waals surface area contributed by atoms with Crippen LogP contribution in [-0.2, 0) is 20.4 Å². The summed E-state index contributed by atoms with van der Waals surface area (Å²) in [5.74, 6) is -2.24. The van der Waals surface area contributed by atoms with E-state index in [-0.39, 0.29) is 29.7 Å². The summed E-state index contributed by atoms with van der Waals surface area (Å²) in [6.45, 7) is -0.242. The SMILES string of the molecule is NC1=N[C@@]2(CO1)c1cc(-c3cccnc3)ccc1Oc1c(F)cc(OS(=O)(=O)C(F)(F)F)cc12. The summed E-state index contributed by atoms with van der Waals surface area (Å²) in [7, 11) is -6.05. The molecule has 1 atom stereocenters. The lowest BCUT2D eigenvalue weighted by Crippen LogP contribution is -2.32. The lowest BCUT2D eigenvalue weighted by molar-refractivity contribution is -0.0500. The van der Waals surface area contributed by atoms with Gasteiger partial charge in [-0.2, -0.15) is 21.6 Å². The van der Waals surface area contributed by atoms with Gasteiger partial charge in [-0.15, -0.1) is 0 Å². The highest BCUT2D eigenvalue weighted by Crippen LogP contribution is 2.53. The molecule has 0 unspecified atom stereocenters. The Morgan fingerprint density at radius 2 is 1.88 bits per heavy atom. The van der Waals surface area contributed by atoms with Crippen LogP contribution in [0.3, 0.4) is 0 Å². The molecule has 0 bridgehead atoms. The summed E-state index contributed by atoms with van der Waals surface area (Å²) in [5.41, 5.74) is 0.183. The second-order valence-electron chi connectivity index (χ2n) is 7.42. The van der Waals surface area contributed by atoms with Crippen LogP contribution in [0.5, 0.6) is 17.2 Å². The highest BCUT2D eigenvalue weighted by molar-refractivity contribution is 7.88. The quantitative estimate of drug-likeness (QED) is 0.334. The fraction of sp³-hybridized carbons (Fsp3) is 0.143. The number of hydrogen-bond donors (Lipinski definition) is 1. The second kappa shape index (κ2) is 7.32. The first-order chi connectivity index (χ1) is 16.0. The van der Waals surface area contributed by atoms with Gasteiger partial charge in [-0.05, 0) is 29.8 Å². The molecule has 2 aliphatic rings. The number of alkyl halides is 3. The van der Waals surface area contributed by atoms with Crippen LogP contribution in [0.2, 0.25) is 0 Å². The standard InChI is InChI=1S/C21H13F4N3O5S/c22-16-8-13(33-34(29,30)21(23,24)25)7-15-18(16)32-17-4-3-11(12-2-1-5-27-9-12)6-14(17)20(15)10-31-19(26)28-20/h1-9H,10H2,(H2,26,28)/t20-/m0/s1. The van der Waals surface area contributed by atoms with E-state index >= 15 is 0 Å². The van der Waals surface area contributed by atoms with Crippen LogP contribution in [0.25, 0.3) is 11.1 Å². The third kappa shape index (κ3) is 3.39. The number of fused-ring (bicyclic) bond motifs is 4. The summed E-state index contributed by atoms with van der Waals surface area (Å²) in [6.07, 6.45) is 3.21. The molecule has 2 aromatic carbocycles. The molecule has 0 radical (unpaired) electrons. The van der Waals surface area contributed by atoms with Gasteiger partial charge in [-0.3, -0.25) is 4.98 Å². The number of ether oxygens (including phenoxy) is 2. The van der Waals surface area contributed by atoms with Gasteiger partial charge in [0.25, 0.3) is 6.02 Å². The van der Waals surface area contributed by atoms with Crippen molar-refractivity contribution in [1.29, 1.82) is 0 Å². The van der Waals surface area contributed by atoms with Crippen molar-refractivity contribution >= 4 is 16.1 Å². The Bertz CT molecular complexity index is 1440. The van der Waals surface area contributed by atoms with Crippen molar-refractivity contribution in [3.8, 4) is 28.4 Å². The Hall–Kier alpha value is -3.87. The fourth-order valence-corrected chi connectivity index (χ4v) is 4.26. The number of benzene rings is 2. The highest BCUT2D eigenvalue weighted by Gasteiger charge is 2.51. The number of rotatable bonds is 3. The topological polar surface area (TPSA) is 113 Å². The number of halogens is 4. The van der Waals surface area contributed by atoms with Gasteiger partial charge in [0.15, 0.2) is 17.1 Å².